The third kappa shape index (κ3) is 3.99. The van der Waals surface area contributed by atoms with Crippen LogP contribution in [-0.2, 0) is 0 Å². The van der Waals surface area contributed by atoms with Crippen LogP contribution in [0.1, 0.15) is 29.6 Å². The number of nitrogens with zero attached hydrogens (tertiary/aromatic N) is 3. The lowest BCUT2D eigenvalue weighted by molar-refractivity contribution is 0.102. The van der Waals surface area contributed by atoms with E-state index in [4.69, 9.17) is 9.47 Å². The number of hydrogen-bond acceptors (Lipinski definition) is 6. The first-order valence-electron chi connectivity index (χ1n) is 8.31. The van der Waals surface area contributed by atoms with Crippen molar-refractivity contribution in [2.45, 2.75) is 19.3 Å². The smallest absolute Gasteiger partial charge is 0.258 e. The number of amides is 1. The van der Waals surface area contributed by atoms with Gasteiger partial charge in [-0.15, -0.1) is 0 Å². The van der Waals surface area contributed by atoms with Gasteiger partial charge in [0.1, 0.15) is 11.5 Å². The number of carbonyl (C=O) groups excluding carboxylic acids is 1. The van der Waals surface area contributed by atoms with Crippen molar-refractivity contribution in [1.82, 2.24) is 9.97 Å². The van der Waals surface area contributed by atoms with Crippen molar-refractivity contribution in [1.29, 1.82) is 0 Å². The Labute approximate surface area is 147 Å². The molecule has 1 N–H and O–H groups in total. The number of hydrogen-bond donors (Lipinski definition) is 1. The van der Waals surface area contributed by atoms with Crippen LogP contribution in [0.25, 0.3) is 0 Å². The lowest BCUT2D eigenvalue weighted by Gasteiger charge is -2.26. The quantitative estimate of drug-likeness (QED) is 0.900. The van der Waals surface area contributed by atoms with Gasteiger partial charge in [-0.25, -0.2) is 9.97 Å². The first-order chi connectivity index (χ1) is 12.2. The van der Waals surface area contributed by atoms with Crippen LogP contribution in [0.3, 0.4) is 0 Å². The molecule has 1 fully saturated rings. The summed E-state index contributed by atoms with van der Waals surface area (Å²) in [5.74, 6) is 1.57. The monoisotopic (exact) mass is 342 g/mol. The molecule has 0 spiro atoms. The molecule has 1 aromatic carbocycles. The van der Waals surface area contributed by atoms with Crippen LogP contribution in [0.2, 0.25) is 0 Å². The number of rotatable bonds is 5. The zero-order valence-electron chi connectivity index (χ0n) is 14.5. The molecule has 7 nitrogen and oxygen atoms in total. The fourth-order valence-electron chi connectivity index (χ4n) is 2.80. The molecule has 1 aliphatic heterocycles. The fraction of sp³-hybridized carbons (Fsp3) is 0.389. The Bertz CT molecular complexity index is 728. The van der Waals surface area contributed by atoms with Crippen LogP contribution in [0, 0.1) is 0 Å². The van der Waals surface area contributed by atoms with Crippen molar-refractivity contribution in [3.8, 4) is 11.5 Å². The Kier molecular flexibility index (Phi) is 5.33. The van der Waals surface area contributed by atoms with Crippen molar-refractivity contribution >= 4 is 17.5 Å². The van der Waals surface area contributed by atoms with E-state index in [0.717, 1.165) is 25.9 Å². The zero-order valence-corrected chi connectivity index (χ0v) is 14.5. The zero-order chi connectivity index (χ0) is 17.6. The van der Waals surface area contributed by atoms with Crippen LogP contribution in [-0.4, -0.2) is 43.2 Å². The van der Waals surface area contributed by atoms with E-state index >= 15 is 0 Å². The number of aromatic nitrogens is 2. The molecule has 25 heavy (non-hydrogen) atoms. The number of methoxy groups -OCH3 is 2. The van der Waals surface area contributed by atoms with Crippen molar-refractivity contribution in [3.63, 3.8) is 0 Å². The Morgan fingerprint density at radius 2 is 1.80 bits per heavy atom. The molecular weight excluding hydrogens is 320 g/mol. The second-order valence-electron chi connectivity index (χ2n) is 5.84. The molecule has 132 valence electrons. The summed E-state index contributed by atoms with van der Waals surface area (Å²) < 4.78 is 10.5. The molecule has 1 aromatic heterocycles. The minimum atomic E-state index is -0.295. The number of anilines is 2. The van der Waals surface area contributed by atoms with E-state index in [0.29, 0.717) is 28.7 Å². The lowest BCUT2D eigenvalue weighted by Crippen LogP contribution is -2.31. The first kappa shape index (κ1) is 17.0. The highest BCUT2D eigenvalue weighted by atomic mass is 16.5. The molecule has 2 heterocycles. The van der Waals surface area contributed by atoms with Gasteiger partial charge in [-0.3, -0.25) is 4.79 Å². The first-order valence-corrected chi connectivity index (χ1v) is 8.31. The van der Waals surface area contributed by atoms with Crippen LogP contribution in [0.5, 0.6) is 11.5 Å². The summed E-state index contributed by atoms with van der Waals surface area (Å²) in [6.45, 7) is 1.93. The highest BCUT2D eigenvalue weighted by Crippen LogP contribution is 2.29. The molecule has 0 radical (unpaired) electrons. The minimum Gasteiger partial charge on any atom is -0.497 e. The molecular formula is C18H22N4O3. The molecule has 2 aromatic rings. The van der Waals surface area contributed by atoms with Crippen LogP contribution in [0.4, 0.5) is 11.6 Å². The summed E-state index contributed by atoms with van der Waals surface area (Å²) in [4.78, 5) is 23.3. The minimum absolute atomic E-state index is 0.295. The van der Waals surface area contributed by atoms with Crippen molar-refractivity contribution in [2.75, 3.05) is 37.5 Å². The molecule has 3 rings (SSSR count). The fourth-order valence-corrected chi connectivity index (χ4v) is 2.80. The molecule has 1 aliphatic rings. The van der Waals surface area contributed by atoms with Crippen molar-refractivity contribution in [2.24, 2.45) is 0 Å². The summed E-state index contributed by atoms with van der Waals surface area (Å²) in [6, 6.07) is 5.22. The normalized spacial score (nSPS) is 14.1. The second-order valence-corrected chi connectivity index (χ2v) is 5.84. The maximum atomic E-state index is 12.5. The van der Waals surface area contributed by atoms with Gasteiger partial charge in [0.2, 0.25) is 5.95 Å². The molecule has 0 saturated carbocycles. The Morgan fingerprint density at radius 1 is 1.08 bits per heavy atom. The van der Waals surface area contributed by atoms with Crippen molar-refractivity contribution in [3.05, 3.63) is 36.2 Å². The van der Waals surface area contributed by atoms with E-state index in [2.05, 4.69) is 20.2 Å². The highest BCUT2D eigenvalue weighted by molar-refractivity contribution is 6.04. The predicted molar refractivity (Wildman–Crippen MR) is 95.6 cm³/mol. The average Bonchev–Trinajstić information content (AvgIpc) is 2.68. The van der Waals surface area contributed by atoms with Gasteiger partial charge >= 0.3 is 0 Å². The average molecular weight is 342 g/mol. The number of benzene rings is 1. The van der Waals surface area contributed by atoms with Gasteiger partial charge in [0.25, 0.3) is 5.91 Å². The molecule has 7 heteroatoms. The number of carbonyl (C=O) groups is 1. The summed E-state index contributed by atoms with van der Waals surface area (Å²) in [5.41, 5.74) is 0.928. The third-order valence-electron chi connectivity index (χ3n) is 4.19. The summed E-state index contributed by atoms with van der Waals surface area (Å²) >= 11 is 0. The van der Waals surface area contributed by atoms with E-state index in [1.165, 1.54) is 6.42 Å². The highest BCUT2D eigenvalue weighted by Gasteiger charge is 2.15. The van der Waals surface area contributed by atoms with Gasteiger partial charge < -0.3 is 19.7 Å². The van der Waals surface area contributed by atoms with Crippen molar-refractivity contribution < 1.29 is 14.3 Å². The number of nitrogens with one attached hydrogen (secondary N) is 1. The van der Waals surface area contributed by atoms with Gasteiger partial charge in [-0.1, -0.05) is 0 Å². The van der Waals surface area contributed by atoms with Gasteiger partial charge in [0, 0.05) is 31.5 Å². The van der Waals surface area contributed by atoms with E-state index < -0.39 is 0 Å². The maximum Gasteiger partial charge on any atom is 0.258 e. The molecule has 0 atom stereocenters. The van der Waals surface area contributed by atoms with E-state index in [-0.39, 0.29) is 5.91 Å². The third-order valence-corrected chi connectivity index (χ3v) is 4.19. The van der Waals surface area contributed by atoms with Crippen LogP contribution in [0.15, 0.2) is 30.6 Å². The summed E-state index contributed by atoms with van der Waals surface area (Å²) in [5, 5.41) is 2.81. The van der Waals surface area contributed by atoms with Crippen LogP contribution >= 0.6 is 0 Å². The topological polar surface area (TPSA) is 76.6 Å². The van der Waals surface area contributed by atoms with Gasteiger partial charge in [0.05, 0.1) is 25.5 Å². The van der Waals surface area contributed by atoms with E-state index in [9.17, 15) is 4.79 Å². The number of piperidine rings is 1. The van der Waals surface area contributed by atoms with Gasteiger partial charge in [0.15, 0.2) is 0 Å². The molecule has 1 amide bonds. The SMILES string of the molecule is COc1ccc(OC)c(NC(=O)c2cnc(N3CCCCC3)nc2)c1. The van der Waals surface area contributed by atoms with Gasteiger partial charge in [-0.2, -0.15) is 0 Å². The molecule has 0 aliphatic carbocycles. The lowest BCUT2D eigenvalue weighted by atomic mass is 10.1. The predicted octanol–water partition coefficient (Wildman–Crippen LogP) is 2.74. The Balaban J connectivity index is 1.73. The molecule has 1 saturated heterocycles. The molecule has 0 bridgehead atoms. The second kappa shape index (κ2) is 7.83. The number of ether oxygens (including phenoxy) is 2. The summed E-state index contributed by atoms with van der Waals surface area (Å²) in [7, 11) is 3.12. The summed E-state index contributed by atoms with van der Waals surface area (Å²) in [6.07, 6.45) is 6.67. The van der Waals surface area contributed by atoms with E-state index in [1.807, 2.05) is 0 Å². The van der Waals surface area contributed by atoms with E-state index in [1.54, 1.807) is 44.8 Å². The maximum absolute atomic E-state index is 12.5. The van der Waals surface area contributed by atoms with Gasteiger partial charge in [-0.05, 0) is 31.4 Å². The molecule has 0 unspecified atom stereocenters. The standard InChI is InChI=1S/C18H22N4O3/c1-24-14-6-7-16(25-2)15(10-14)21-17(23)13-11-19-18(20-12-13)22-8-4-3-5-9-22/h6-7,10-12H,3-5,8-9H2,1-2H3,(H,21,23). The Hall–Kier alpha value is -2.83. The largest absolute Gasteiger partial charge is 0.497 e. The van der Waals surface area contributed by atoms with Crippen LogP contribution < -0.4 is 19.7 Å². The Morgan fingerprint density at radius 3 is 2.44 bits per heavy atom.